The van der Waals surface area contributed by atoms with Crippen LogP contribution in [0.3, 0.4) is 0 Å². The minimum atomic E-state index is -0.982. The Balaban J connectivity index is 0.00000179. The second-order valence-corrected chi connectivity index (χ2v) is 6.62. The maximum Gasteiger partial charge on any atom is 0.264 e. The number of imide groups is 2. The predicted octanol–water partition coefficient (Wildman–Crippen LogP) is 2.57. The van der Waals surface area contributed by atoms with Gasteiger partial charge >= 0.3 is 0 Å². The van der Waals surface area contributed by atoms with Crippen molar-refractivity contribution in [2.45, 2.75) is 60.4 Å². The summed E-state index contributed by atoms with van der Waals surface area (Å²) in [5.74, 6) is -2.11. The molecular weight excluding hydrogens is 452 g/mol. The van der Waals surface area contributed by atoms with E-state index in [4.69, 9.17) is 15.2 Å². The largest absolute Gasteiger partial charge is 0.382 e. The molecule has 2 aliphatic rings. The highest BCUT2D eigenvalue weighted by Gasteiger charge is 2.45. The van der Waals surface area contributed by atoms with Gasteiger partial charge in [0.2, 0.25) is 11.8 Å². The molecule has 0 aromatic heterocycles. The topological polar surface area (TPSA) is 140 Å². The van der Waals surface area contributed by atoms with Crippen LogP contribution in [0.2, 0.25) is 0 Å². The molecule has 10 heteroatoms. The lowest BCUT2D eigenvalue weighted by Gasteiger charge is -2.27. The lowest BCUT2D eigenvalue weighted by Crippen LogP contribution is -2.54. The summed E-state index contributed by atoms with van der Waals surface area (Å²) in [6.07, 6.45) is 0.209. The number of carbonyl (C=O) groups is 4. The third-order valence-corrected chi connectivity index (χ3v) is 4.66. The lowest BCUT2D eigenvalue weighted by molar-refractivity contribution is -0.136. The van der Waals surface area contributed by atoms with Crippen LogP contribution in [0.4, 0.5) is 5.69 Å². The van der Waals surface area contributed by atoms with E-state index < -0.39 is 29.7 Å². The molecule has 10 nitrogen and oxygen atoms in total. The first-order valence-corrected chi connectivity index (χ1v) is 12.5. The first-order valence-electron chi connectivity index (χ1n) is 12.5. The Labute approximate surface area is 208 Å². The molecule has 0 radical (unpaired) electrons. The Morgan fingerprint density at radius 1 is 0.943 bits per heavy atom. The number of amides is 4. The van der Waals surface area contributed by atoms with Crippen molar-refractivity contribution in [2.75, 3.05) is 44.8 Å². The van der Waals surface area contributed by atoms with Crippen LogP contribution < -0.4 is 16.4 Å². The van der Waals surface area contributed by atoms with Crippen LogP contribution in [0.5, 0.6) is 0 Å². The molecule has 1 saturated heterocycles. The van der Waals surface area contributed by atoms with E-state index in [0.29, 0.717) is 45.2 Å². The van der Waals surface area contributed by atoms with Gasteiger partial charge in [-0.15, -0.1) is 0 Å². The highest BCUT2D eigenvalue weighted by atomic mass is 16.5. The second-order valence-electron chi connectivity index (χ2n) is 6.62. The molecule has 0 bridgehead atoms. The number of nitrogens with two attached hydrogens (primary N) is 1. The summed E-state index contributed by atoms with van der Waals surface area (Å²) in [7, 11) is 0. The fourth-order valence-electron chi connectivity index (χ4n) is 3.33. The van der Waals surface area contributed by atoms with Crippen LogP contribution in [0.1, 0.15) is 75.1 Å². The Morgan fingerprint density at radius 3 is 2.17 bits per heavy atom. The van der Waals surface area contributed by atoms with E-state index in [0.717, 1.165) is 4.90 Å². The fraction of sp³-hybridized carbons (Fsp3) is 0.600. The van der Waals surface area contributed by atoms with Gasteiger partial charge in [0.05, 0.1) is 37.6 Å². The van der Waals surface area contributed by atoms with Gasteiger partial charge in [-0.1, -0.05) is 47.6 Å². The number of nitrogens with zero attached hydrogens (tertiary/aromatic N) is 1. The molecule has 35 heavy (non-hydrogen) atoms. The molecule has 0 spiro atoms. The summed E-state index contributed by atoms with van der Waals surface area (Å²) >= 11 is 0. The molecule has 3 rings (SSSR count). The van der Waals surface area contributed by atoms with Crippen LogP contribution in [0.15, 0.2) is 18.2 Å². The molecule has 4 amide bonds. The number of nitrogens with one attached hydrogen (secondary N) is 2. The van der Waals surface area contributed by atoms with Gasteiger partial charge in [0.15, 0.2) is 0 Å². The summed E-state index contributed by atoms with van der Waals surface area (Å²) in [6, 6.07) is 3.94. The number of hydrogen-bond acceptors (Lipinski definition) is 8. The van der Waals surface area contributed by atoms with Crippen LogP contribution in [-0.4, -0.2) is 74.1 Å². The van der Waals surface area contributed by atoms with Crippen molar-refractivity contribution in [3.8, 4) is 0 Å². The maximum atomic E-state index is 12.9. The number of piperidine rings is 1. The van der Waals surface area contributed by atoms with E-state index in [1.165, 1.54) is 0 Å². The van der Waals surface area contributed by atoms with E-state index in [9.17, 15) is 19.2 Å². The third kappa shape index (κ3) is 9.04. The van der Waals surface area contributed by atoms with Crippen molar-refractivity contribution in [3.63, 3.8) is 0 Å². The fourth-order valence-corrected chi connectivity index (χ4v) is 3.33. The molecule has 2 heterocycles. The van der Waals surface area contributed by atoms with Crippen molar-refractivity contribution >= 4 is 29.3 Å². The SMILES string of the molecule is CC.CC.CC.NCCOCCOCCNc1cccc2c1C(=O)N(C1CCC(=O)NC1=O)C2=O. The van der Waals surface area contributed by atoms with E-state index in [1.54, 1.807) is 18.2 Å². The number of fused-ring (bicyclic) bond motifs is 1. The van der Waals surface area contributed by atoms with Gasteiger partial charge in [0.25, 0.3) is 11.8 Å². The summed E-state index contributed by atoms with van der Waals surface area (Å²) in [5.41, 5.74) is 6.29. The average Bonchev–Trinajstić information content (AvgIpc) is 3.15. The number of benzene rings is 1. The molecule has 1 atom stereocenters. The number of rotatable bonds is 10. The zero-order chi connectivity index (χ0) is 26.8. The standard InChI is InChI=1S/C19H24N4O6.3C2H6/c20-6-8-28-10-11-29-9-7-21-13-3-1-2-12-16(13)19(27)23(18(12)26)14-4-5-15(24)22-17(14)25;3*1-2/h1-3,14,21H,4-11,20H2,(H,22,24,25);3*1-2H3. The minimum Gasteiger partial charge on any atom is -0.382 e. The van der Waals surface area contributed by atoms with Gasteiger partial charge in [-0.05, 0) is 18.6 Å². The van der Waals surface area contributed by atoms with Crippen molar-refractivity contribution in [1.82, 2.24) is 10.2 Å². The average molecular weight is 495 g/mol. The molecule has 0 aliphatic carbocycles. The number of hydrogen-bond donors (Lipinski definition) is 3. The van der Waals surface area contributed by atoms with Gasteiger partial charge in [-0.3, -0.25) is 29.4 Å². The maximum absolute atomic E-state index is 12.9. The van der Waals surface area contributed by atoms with Gasteiger partial charge in [-0.2, -0.15) is 0 Å². The molecule has 1 aromatic rings. The molecule has 0 saturated carbocycles. The van der Waals surface area contributed by atoms with Gasteiger partial charge in [0.1, 0.15) is 6.04 Å². The minimum absolute atomic E-state index is 0.0846. The summed E-state index contributed by atoms with van der Waals surface area (Å²) in [6.45, 7) is 14.6. The Bertz CT molecular complexity index is 815. The number of ether oxygens (including phenoxy) is 2. The summed E-state index contributed by atoms with van der Waals surface area (Å²) < 4.78 is 10.6. The van der Waals surface area contributed by atoms with E-state index >= 15 is 0 Å². The molecule has 1 fully saturated rings. The van der Waals surface area contributed by atoms with Crippen molar-refractivity contribution in [2.24, 2.45) is 5.73 Å². The predicted molar refractivity (Wildman–Crippen MR) is 136 cm³/mol. The summed E-state index contributed by atoms with van der Waals surface area (Å²) in [4.78, 5) is 50.1. The van der Waals surface area contributed by atoms with Crippen LogP contribution in [0.25, 0.3) is 0 Å². The van der Waals surface area contributed by atoms with Crippen molar-refractivity contribution in [1.29, 1.82) is 0 Å². The zero-order valence-electron chi connectivity index (χ0n) is 21.9. The van der Waals surface area contributed by atoms with E-state index in [2.05, 4.69) is 10.6 Å². The zero-order valence-corrected chi connectivity index (χ0v) is 21.9. The number of anilines is 1. The lowest BCUT2D eigenvalue weighted by atomic mass is 10.0. The monoisotopic (exact) mass is 494 g/mol. The molecule has 198 valence electrons. The Hall–Kier alpha value is -2.82. The van der Waals surface area contributed by atoms with E-state index in [-0.39, 0.29) is 24.0 Å². The quantitative estimate of drug-likeness (QED) is 0.333. The van der Waals surface area contributed by atoms with Crippen molar-refractivity contribution < 1.29 is 28.7 Å². The Morgan fingerprint density at radius 2 is 1.57 bits per heavy atom. The molecule has 1 unspecified atom stereocenters. The first kappa shape index (κ1) is 32.2. The molecule has 1 aromatic carbocycles. The van der Waals surface area contributed by atoms with E-state index in [1.807, 2.05) is 41.5 Å². The van der Waals surface area contributed by atoms with Crippen molar-refractivity contribution in [3.05, 3.63) is 29.3 Å². The highest BCUT2D eigenvalue weighted by Crippen LogP contribution is 2.32. The normalized spacial score (nSPS) is 16.1. The highest BCUT2D eigenvalue weighted by molar-refractivity contribution is 6.25. The second kappa shape index (κ2) is 18.5. The van der Waals surface area contributed by atoms with Gasteiger partial charge in [-0.25, -0.2) is 0 Å². The van der Waals surface area contributed by atoms with Crippen LogP contribution in [0, 0.1) is 0 Å². The van der Waals surface area contributed by atoms with Crippen LogP contribution in [-0.2, 0) is 19.1 Å². The Kier molecular flexibility index (Phi) is 17.0. The third-order valence-electron chi connectivity index (χ3n) is 4.66. The van der Waals surface area contributed by atoms with Crippen LogP contribution >= 0.6 is 0 Å². The smallest absolute Gasteiger partial charge is 0.264 e. The summed E-state index contributed by atoms with van der Waals surface area (Å²) in [5, 5.41) is 5.28. The van der Waals surface area contributed by atoms with Gasteiger partial charge in [0, 0.05) is 25.2 Å². The number of carbonyl (C=O) groups excluding carboxylic acids is 4. The molecule has 4 N–H and O–H groups in total. The first-order chi connectivity index (χ1) is 17.0. The molecule has 2 aliphatic heterocycles. The van der Waals surface area contributed by atoms with Gasteiger partial charge < -0.3 is 20.5 Å². The molecular formula is C25H42N4O6.